The SMILES string of the molecule is O=C(CCSc1ccccc1)N1CCC(Oc2ccc(-n3cccn3)nn2)CC1. The third kappa shape index (κ3) is 5.35. The molecule has 0 aliphatic carbocycles. The molecule has 150 valence electrons. The van der Waals surface area contributed by atoms with E-state index in [1.807, 2.05) is 47.5 Å². The first-order chi connectivity index (χ1) is 14.3. The molecule has 0 bridgehead atoms. The molecule has 1 aliphatic heterocycles. The molecule has 4 rings (SSSR count). The predicted octanol–water partition coefficient (Wildman–Crippen LogP) is 3.21. The van der Waals surface area contributed by atoms with Crippen molar-refractivity contribution in [2.24, 2.45) is 0 Å². The predicted molar refractivity (Wildman–Crippen MR) is 111 cm³/mol. The van der Waals surface area contributed by atoms with Gasteiger partial charge in [0, 0.05) is 61.5 Å². The molecular weight excluding hydrogens is 386 g/mol. The lowest BCUT2D eigenvalue weighted by Gasteiger charge is -2.31. The number of rotatable bonds is 7. The summed E-state index contributed by atoms with van der Waals surface area (Å²) < 4.78 is 7.60. The molecule has 0 saturated carbocycles. The number of hydrogen-bond donors (Lipinski definition) is 0. The van der Waals surface area contributed by atoms with Crippen molar-refractivity contribution in [1.29, 1.82) is 0 Å². The van der Waals surface area contributed by atoms with Gasteiger partial charge in [-0.25, -0.2) is 4.68 Å². The second-order valence-electron chi connectivity index (χ2n) is 6.79. The molecule has 0 radical (unpaired) electrons. The van der Waals surface area contributed by atoms with Gasteiger partial charge < -0.3 is 9.64 Å². The zero-order valence-electron chi connectivity index (χ0n) is 16.1. The average Bonchev–Trinajstić information content (AvgIpc) is 3.30. The number of likely N-dealkylation sites (tertiary alicyclic amines) is 1. The molecule has 7 nitrogen and oxygen atoms in total. The summed E-state index contributed by atoms with van der Waals surface area (Å²) in [7, 11) is 0. The topological polar surface area (TPSA) is 73.1 Å². The van der Waals surface area contributed by atoms with Gasteiger partial charge >= 0.3 is 0 Å². The third-order valence-electron chi connectivity index (χ3n) is 4.78. The lowest BCUT2D eigenvalue weighted by molar-refractivity contribution is -0.132. The Labute approximate surface area is 174 Å². The maximum absolute atomic E-state index is 12.4. The molecule has 2 aromatic heterocycles. The number of piperidine rings is 1. The number of ether oxygens (including phenoxy) is 1. The minimum atomic E-state index is 0.0580. The molecule has 1 fully saturated rings. The number of hydrogen-bond acceptors (Lipinski definition) is 6. The van der Waals surface area contributed by atoms with Gasteiger partial charge in [0.15, 0.2) is 5.82 Å². The van der Waals surface area contributed by atoms with E-state index in [1.165, 1.54) is 4.90 Å². The van der Waals surface area contributed by atoms with Crippen molar-refractivity contribution in [3.63, 3.8) is 0 Å². The minimum absolute atomic E-state index is 0.0580. The van der Waals surface area contributed by atoms with E-state index in [2.05, 4.69) is 27.4 Å². The standard InChI is InChI=1S/C21H23N5O2S/c27-21(11-16-29-18-5-2-1-3-6-18)25-14-9-17(10-15-25)28-20-8-7-19(23-24-20)26-13-4-12-22-26/h1-8,12-13,17H,9-11,14-16H2. The van der Waals surface area contributed by atoms with Crippen molar-refractivity contribution in [3.05, 3.63) is 60.9 Å². The molecule has 3 heterocycles. The average molecular weight is 410 g/mol. The first kappa shape index (κ1) is 19.4. The summed E-state index contributed by atoms with van der Waals surface area (Å²) >= 11 is 1.72. The van der Waals surface area contributed by atoms with Crippen LogP contribution in [0.1, 0.15) is 19.3 Å². The number of aromatic nitrogens is 4. The van der Waals surface area contributed by atoms with Crippen LogP contribution >= 0.6 is 11.8 Å². The Morgan fingerprint density at radius 1 is 1.07 bits per heavy atom. The summed E-state index contributed by atoms with van der Waals surface area (Å²) in [6.07, 6.45) is 5.74. The highest BCUT2D eigenvalue weighted by Crippen LogP contribution is 2.21. The Kier molecular flexibility index (Phi) is 6.41. The van der Waals surface area contributed by atoms with Crippen LogP contribution in [0, 0.1) is 0 Å². The molecular formula is C21H23N5O2S. The van der Waals surface area contributed by atoms with E-state index in [-0.39, 0.29) is 12.0 Å². The first-order valence-electron chi connectivity index (χ1n) is 9.74. The van der Waals surface area contributed by atoms with Crippen LogP contribution in [0.4, 0.5) is 0 Å². The smallest absolute Gasteiger partial charge is 0.233 e. The lowest BCUT2D eigenvalue weighted by atomic mass is 10.1. The summed E-state index contributed by atoms with van der Waals surface area (Å²) in [4.78, 5) is 15.6. The van der Waals surface area contributed by atoms with Crippen LogP contribution in [-0.2, 0) is 4.79 Å². The van der Waals surface area contributed by atoms with Crippen LogP contribution in [0.25, 0.3) is 5.82 Å². The van der Waals surface area contributed by atoms with Gasteiger partial charge in [0.2, 0.25) is 11.8 Å². The van der Waals surface area contributed by atoms with Crippen molar-refractivity contribution in [2.75, 3.05) is 18.8 Å². The molecule has 0 atom stereocenters. The number of nitrogens with zero attached hydrogens (tertiary/aromatic N) is 5. The first-order valence-corrected chi connectivity index (χ1v) is 10.7. The van der Waals surface area contributed by atoms with Gasteiger partial charge in [0.25, 0.3) is 0 Å². The van der Waals surface area contributed by atoms with Gasteiger partial charge in [-0.3, -0.25) is 4.79 Å². The highest BCUT2D eigenvalue weighted by atomic mass is 32.2. The maximum atomic E-state index is 12.4. The summed E-state index contributed by atoms with van der Waals surface area (Å²) in [5, 5.41) is 12.4. The summed E-state index contributed by atoms with van der Waals surface area (Å²) in [5.41, 5.74) is 0. The fourth-order valence-corrected chi connectivity index (χ4v) is 4.09. The van der Waals surface area contributed by atoms with E-state index in [0.29, 0.717) is 18.1 Å². The maximum Gasteiger partial charge on any atom is 0.233 e. The van der Waals surface area contributed by atoms with Gasteiger partial charge in [0.05, 0.1) is 0 Å². The van der Waals surface area contributed by atoms with Crippen LogP contribution in [0.3, 0.4) is 0 Å². The van der Waals surface area contributed by atoms with Gasteiger partial charge in [-0.05, 0) is 24.3 Å². The van der Waals surface area contributed by atoms with Gasteiger partial charge in [-0.15, -0.1) is 22.0 Å². The zero-order chi connectivity index (χ0) is 19.9. The van der Waals surface area contributed by atoms with Gasteiger partial charge in [0.1, 0.15) is 6.10 Å². The highest BCUT2D eigenvalue weighted by molar-refractivity contribution is 7.99. The molecule has 1 amide bonds. The number of thioether (sulfide) groups is 1. The molecule has 1 aromatic carbocycles. The Bertz CT molecular complexity index is 895. The van der Waals surface area contributed by atoms with Crippen molar-refractivity contribution >= 4 is 17.7 Å². The molecule has 1 aliphatic rings. The molecule has 3 aromatic rings. The second kappa shape index (κ2) is 9.56. The van der Waals surface area contributed by atoms with E-state index >= 15 is 0 Å². The monoisotopic (exact) mass is 409 g/mol. The molecule has 8 heteroatoms. The van der Waals surface area contributed by atoms with E-state index in [9.17, 15) is 4.79 Å². The van der Waals surface area contributed by atoms with E-state index < -0.39 is 0 Å². The molecule has 0 spiro atoms. The van der Waals surface area contributed by atoms with Crippen LogP contribution in [0.15, 0.2) is 65.8 Å². The zero-order valence-corrected chi connectivity index (χ0v) is 16.9. The quantitative estimate of drug-likeness (QED) is 0.558. The largest absolute Gasteiger partial charge is 0.473 e. The number of benzene rings is 1. The fourth-order valence-electron chi connectivity index (χ4n) is 3.23. The summed E-state index contributed by atoms with van der Waals surface area (Å²) in [6, 6.07) is 15.7. The molecule has 1 saturated heterocycles. The molecule has 29 heavy (non-hydrogen) atoms. The molecule has 0 N–H and O–H groups in total. The van der Waals surface area contributed by atoms with Crippen molar-refractivity contribution in [3.8, 4) is 11.7 Å². The van der Waals surface area contributed by atoms with E-state index in [4.69, 9.17) is 4.74 Å². The fraction of sp³-hybridized carbons (Fsp3) is 0.333. The lowest BCUT2D eigenvalue weighted by Crippen LogP contribution is -2.42. The van der Waals surface area contributed by atoms with Crippen LogP contribution < -0.4 is 4.74 Å². The Morgan fingerprint density at radius 2 is 1.90 bits per heavy atom. The highest BCUT2D eigenvalue weighted by Gasteiger charge is 2.24. The van der Waals surface area contributed by atoms with Crippen LogP contribution in [0.5, 0.6) is 5.88 Å². The third-order valence-corrected chi connectivity index (χ3v) is 5.79. The Balaban J connectivity index is 1.19. The number of carbonyl (C=O) groups is 1. The molecule has 0 unspecified atom stereocenters. The van der Waals surface area contributed by atoms with Gasteiger partial charge in [-0.1, -0.05) is 18.2 Å². The van der Waals surface area contributed by atoms with E-state index in [1.54, 1.807) is 22.6 Å². The number of amides is 1. The Hall–Kier alpha value is -2.87. The minimum Gasteiger partial charge on any atom is -0.473 e. The number of carbonyl (C=O) groups excluding carboxylic acids is 1. The normalized spacial score (nSPS) is 14.7. The summed E-state index contributed by atoms with van der Waals surface area (Å²) in [5.74, 6) is 2.17. The summed E-state index contributed by atoms with van der Waals surface area (Å²) in [6.45, 7) is 1.44. The second-order valence-corrected chi connectivity index (χ2v) is 7.96. The van der Waals surface area contributed by atoms with Crippen LogP contribution in [0.2, 0.25) is 0 Å². The van der Waals surface area contributed by atoms with Crippen molar-refractivity contribution in [2.45, 2.75) is 30.3 Å². The van der Waals surface area contributed by atoms with Crippen molar-refractivity contribution in [1.82, 2.24) is 24.9 Å². The van der Waals surface area contributed by atoms with Gasteiger partial charge in [-0.2, -0.15) is 5.10 Å². The van der Waals surface area contributed by atoms with E-state index in [0.717, 1.165) is 31.7 Å². The Morgan fingerprint density at radius 3 is 2.59 bits per heavy atom. The van der Waals surface area contributed by atoms with Crippen molar-refractivity contribution < 1.29 is 9.53 Å². The van der Waals surface area contributed by atoms with Crippen LogP contribution in [-0.4, -0.2) is 55.7 Å².